The third-order valence-electron chi connectivity index (χ3n) is 12.2. The van der Waals surface area contributed by atoms with Crippen LogP contribution in [0.1, 0.15) is 91.0 Å². The molecule has 2 aliphatic heterocycles. The average molecular weight is 1000 g/mol. The molecule has 71 heavy (non-hydrogen) atoms. The minimum absolute atomic E-state index is 0.00288. The number of nitrogens with zero attached hydrogens (tertiary/aromatic N) is 1. The van der Waals surface area contributed by atoms with E-state index < -0.39 is 140 Å². The zero-order valence-electron chi connectivity index (χ0n) is 40.6. The summed E-state index contributed by atoms with van der Waals surface area (Å²) in [6.07, 6.45) is 0.637. The van der Waals surface area contributed by atoms with Crippen molar-refractivity contribution < 1.29 is 68.1 Å². The maximum atomic E-state index is 14.4. The number of hydrogen-bond donors (Lipinski definition) is 13. The quantitative estimate of drug-likeness (QED) is 0.0361. The number of amides is 10. The van der Waals surface area contributed by atoms with Gasteiger partial charge in [-0.1, -0.05) is 64.4 Å². The summed E-state index contributed by atoms with van der Waals surface area (Å²) in [5, 5.41) is 50.5. The topological polar surface area (TPSA) is 400 Å². The highest BCUT2D eigenvalue weighted by atomic mass is 16.4. The van der Waals surface area contributed by atoms with Crippen LogP contribution < -0.4 is 54.0 Å². The van der Waals surface area contributed by atoms with Gasteiger partial charge in [0.2, 0.25) is 59.1 Å². The van der Waals surface area contributed by atoms with E-state index in [0.29, 0.717) is 24.9 Å². The second kappa shape index (κ2) is 28.8. The number of likely N-dealkylation sites (tertiary alicyclic amines) is 1. The molecule has 0 spiro atoms. The van der Waals surface area contributed by atoms with Crippen molar-refractivity contribution in [1.82, 2.24) is 47.4 Å². The molecule has 0 bridgehead atoms. The third-order valence-corrected chi connectivity index (χ3v) is 12.2. The number of rotatable bonds is 29. The van der Waals surface area contributed by atoms with Gasteiger partial charge in [-0.3, -0.25) is 47.9 Å². The van der Waals surface area contributed by atoms with Gasteiger partial charge >= 0.3 is 5.97 Å². The Kier molecular flexibility index (Phi) is 23.8. The fourth-order valence-electron chi connectivity index (χ4n) is 8.08. The maximum absolute atomic E-state index is 14.4. The van der Waals surface area contributed by atoms with Gasteiger partial charge in [-0.05, 0) is 62.5 Å². The number of nitrogens with two attached hydrogens (primary N) is 2. The summed E-state index contributed by atoms with van der Waals surface area (Å²) in [4.78, 5) is 145. The predicted octanol–water partition coefficient (Wildman–Crippen LogP) is -4.33. The van der Waals surface area contributed by atoms with Gasteiger partial charge in [0.15, 0.2) is 0 Å². The Hall–Kier alpha value is -6.73. The van der Waals surface area contributed by atoms with E-state index in [9.17, 15) is 68.1 Å². The van der Waals surface area contributed by atoms with Crippen molar-refractivity contribution in [2.24, 2.45) is 23.3 Å². The minimum Gasteiger partial charge on any atom is -0.480 e. The molecule has 3 rings (SSSR count). The lowest BCUT2D eigenvalue weighted by Gasteiger charge is -2.31. The molecular formula is C46H71N11O14. The van der Waals surface area contributed by atoms with E-state index in [1.807, 2.05) is 6.92 Å². The summed E-state index contributed by atoms with van der Waals surface area (Å²) in [6, 6.07) is -3.77. The van der Waals surface area contributed by atoms with E-state index >= 15 is 0 Å². The molecule has 2 saturated heterocycles. The number of aliphatic hydroxyl groups excluding tert-OH is 2. The van der Waals surface area contributed by atoms with E-state index in [4.69, 9.17) is 11.5 Å². The molecule has 2 heterocycles. The number of aliphatic hydroxyl groups is 2. The molecule has 10 atom stereocenters. The van der Waals surface area contributed by atoms with Crippen LogP contribution >= 0.6 is 0 Å². The molecule has 1 aromatic rings. The fraction of sp³-hybridized carbons (Fsp3) is 0.630. The van der Waals surface area contributed by atoms with E-state index in [2.05, 4.69) is 42.5 Å². The van der Waals surface area contributed by atoms with Crippen LogP contribution in [-0.4, -0.2) is 166 Å². The molecule has 0 aromatic heterocycles. The van der Waals surface area contributed by atoms with Crippen LogP contribution in [-0.2, 0) is 59.2 Å². The van der Waals surface area contributed by atoms with Crippen LogP contribution in [0.15, 0.2) is 30.3 Å². The van der Waals surface area contributed by atoms with Crippen molar-refractivity contribution in [1.29, 1.82) is 0 Å². The van der Waals surface area contributed by atoms with Crippen LogP contribution in [0.4, 0.5) is 0 Å². The number of benzene rings is 1. The van der Waals surface area contributed by atoms with E-state index in [0.717, 1.165) is 11.3 Å². The Morgan fingerprint density at radius 1 is 0.676 bits per heavy atom. The number of hydrogen-bond acceptors (Lipinski definition) is 14. The number of primary amides is 2. The molecule has 2 aliphatic rings. The monoisotopic (exact) mass is 1000 g/mol. The third kappa shape index (κ3) is 18.5. The molecule has 25 heteroatoms. The standard InChI is InChI=1S/C46H71N11O14/c1-5-25(4)37(56-38(62)27-13-9-17-49-27)44(68)51-29(19-24(2)3)40(64)54-33(23-59)42(66)55-32(22-58)41(65)52-30(20-26-11-7-6-8-12-26)45(69)57-18-10-14-34(57)43(67)50-28(15-16-35(47)60)39(63)53-31(46(70)71)21-36(48)61/h6-8,11-12,24-25,27-34,37,49,58-59H,5,9-10,13-23H2,1-4H3,(H2,47,60)(H2,48,61)(H,50,67)(H,51,68)(H,52,65)(H,53,63)(H,54,64)(H,55,66)(H,56,62)(H,70,71)/t25-,27-,28-,29-,30-,31-,32-,33-,34-,37-/m0/s1. The molecule has 0 aliphatic carbocycles. The lowest BCUT2D eigenvalue weighted by molar-refractivity contribution is -0.144. The lowest BCUT2D eigenvalue weighted by atomic mass is 9.96. The van der Waals surface area contributed by atoms with E-state index in [1.165, 1.54) is 0 Å². The summed E-state index contributed by atoms with van der Waals surface area (Å²) in [6.45, 7) is 5.87. The summed E-state index contributed by atoms with van der Waals surface area (Å²) in [5.41, 5.74) is 10.9. The van der Waals surface area contributed by atoms with Crippen LogP contribution in [0.5, 0.6) is 0 Å². The fourth-order valence-corrected chi connectivity index (χ4v) is 8.08. The van der Waals surface area contributed by atoms with E-state index in [-0.39, 0.29) is 56.4 Å². The van der Waals surface area contributed by atoms with Gasteiger partial charge in [-0.15, -0.1) is 0 Å². The van der Waals surface area contributed by atoms with Crippen molar-refractivity contribution in [2.45, 2.75) is 146 Å². The lowest BCUT2D eigenvalue weighted by Crippen LogP contribution is -2.62. The zero-order valence-corrected chi connectivity index (χ0v) is 40.6. The highest BCUT2D eigenvalue weighted by Crippen LogP contribution is 2.21. The normalized spacial score (nSPS) is 18.8. The van der Waals surface area contributed by atoms with Crippen molar-refractivity contribution >= 4 is 65.0 Å². The summed E-state index contributed by atoms with van der Waals surface area (Å²) in [5.74, 6) is -10.7. The first-order valence-corrected chi connectivity index (χ1v) is 23.8. The molecule has 10 amide bonds. The molecule has 1 aromatic carbocycles. The zero-order chi connectivity index (χ0) is 52.9. The van der Waals surface area contributed by atoms with Crippen LogP contribution in [0.3, 0.4) is 0 Å². The van der Waals surface area contributed by atoms with Gasteiger partial charge in [0.1, 0.15) is 48.3 Å². The van der Waals surface area contributed by atoms with Crippen molar-refractivity contribution in [3.63, 3.8) is 0 Å². The van der Waals surface area contributed by atoms with Crippen LogP contribution in [0, 0.1) is 11.8 Å². The Bertz CT molecular complexity index is 2050. The largest absolute Gasteiger partial charge is 0.480 e. The predicted molar refractivity (Wildman–Crippen MR) is 252 cm³/mol. The Balaban J connectivity index is 1.79. The first kappa shape index (κ1) is 58.6. The van der Waals surface area contributed by atoms with Gasteiger partial charge in [-0.25, -0.2) is 4.79 Å². The van der Waals surface area contributed by atoms with Crippen LogP contribution in [0.2, 0.25) is 0 Å². The molecule has 0 radical (unpaired) electrons. The van der Waals surface area contributed by atoms with Gasteiger partial charge in [0.05, 0.1) is 25.7 Å². The summed E-state index contributed by atoms with van der Waals surface area (Å²) in [7, 11) is 0. The number of carbonyl (C=O) groups is 11. The molecule has 15 N–H and O–H groups in total. The highest BCUT2D eigenvalue weighted by molar-refractivity contribution is 5.99. The summed E-state index contributed by atoms with van der Waals surface area (Å²) < 4.78 is 0. The van der Waals surface area contributed by atoms with Gasteiger partial charge < -0.3 is 74.2 Å². The van der Waals surface area contributed by atoms with E-state index in [1.54, 1.807) is 51.1 Å². The Morgan fingerprint density at radius 2 is 1.24 bits per heavy atom. The summed E-state index contributed by atoms with van der Waals surface area (Å²) >= 11 is 0. The van der Waals surface area contributed by atoms with Gasteiger partial charge in [0, 0.05) is 19.4 Å². The number of carboxylic acids is 1. The van der Waals surface area contributed by atoms with Gasteiger partial charge in [0.25, 0.3) is 0 Å². The van der Waals surface area contributed by atoms with Crippen molar-refractivity contribution in [3.05, 3.63) is 35.9 Å². The van der Waals surface area contributed by atoms with Crippen molar-refractivity contribution in [2.75, 3.05) is 26.3 Å². The highest BCUT2D eigenvalue weighted by Gasteiger charge is 2.41. The smallest absolute Gasteiger partial charge is 0.326 e. The molecule has 0 unspecified atom stereocenters. The second-order valence-corrected chi connectivity index (χ2v) is 18.3. The maximum Gasteiger partial charge on any atom is 0.326 e. The molecular weight excluding hydrogens is 931 g/mol. The molecule has 394 valence electrons. The van der Waals surface area contributed by atoms with Crippen LogP contribution in [0.25, 0.3) is 0 Å². The number of carboxylic acid groups (broad SMARTS) is 1. The Labute approximate surface area is 411 Å². The first-order chi connectivity index (χ1) is 33.6. The molecule has 2 fully saturated rings. The number of aliphatic carboxylic acids is 1. The number of carbonyl (C=O) groups excluding carboxylic acids is 10. The second-order valence-electron chi connectivity index (χ2n) is 18.3. The average Bonchev–Trinajstić information content (AvgIpc) is 4.06. The number of nitrogens with one attached hydrogen (secondary N) is 8. The SMILES string of the molecule is CC[C@H](C)[C@H](NC(=O)[C@@H]1CCCN1)C(=O)N[C@@H](CC(C)C)C(=O)N[C@@H](CO)C(=O)N[C@@H](CO)C(=O)N[C@@H](Cc1ccccc1)C(=O)N1CCC[C@H]1C(=O)N[C@@H](CCC(N)=O)C(=O)N[C@@H](CC(N)=O)C(=O)O. The Morgan fingerprint density at radius 3 is 1.76 bits per heavy atom. The van der Waals surface area contributed by atoms with Gasteiger partial charge in [-0.2, -0.15) is 0 Å². The first-order valence-electron chi connectivity index (χ1n) is 23.8. The minimum atomic E-state index is -1.77. The van der Waals surface area contributed by atoms with Crippen molar-refractivity contribution in [3.8, 4) is 0 Å². The molecule has 25 nitrogen and oxygen atoms in total. The molecule has 0 saturated carbocycles.